The minimum absolute atomic E-state index is 0.648. The van der Waals surface area contributed by atoms with Crippen molar-refractivity contribution in [3.8, 4) is 22.6 Å². The van der Waals surface area contributed by atoms with E-state index in [1.807, 2.05) is 53.5 Å². The second kappa shape index (κ2) is 7.31. The Kier molecular flexibility index (Phi) is 4.95. The second-order valence-electron chi connectivity index (χ2n) is 5.07. The van der Waals surface area contributed by atoms with Gasteiger partial charge in [-0.25, -0.2) is 0 Å². The van der Waals surface area contributed by atoms with Gasteiger partial charge in [-0.2, -0.15) is 5.10 Å². The Labute approximate surface area is 140 Å². The molecule has 1 aromatic heterocycles. The van der Waals surface area contributed by atoms with Crippen LogP contribution in [-0.2, 0) is 11.3 Å². The summed E-state index contributed by atoms with van der Waals surface area (Å²) in [5.41, 5.74) is 2.16. The lowest BCUT2D eigenvalue weighted by molar-refractivity contribution is 0.183. The summed E-state index contributed by atoms with van der Waals surface area (Å²) in [5, 5.41) is 5.01. The minimum Gasteiger partial charge on any atom is -0.457 e. The fraction of sp³-hybridized carbons (Fsp3) is 0.167. The van der Waals surface area contributed by atoms with E-state index in [0.29, 0.717) is 11.6 Å². The fourth-order valence-corrected chi connectivity index (χ4v) is 2.30. The predicted octanol–water partition coefficient (Wildman–Crippen LogP) is 4.64. The Morgan fingerprint density at radius 2 is 1.61 bits per heavy atom. The molecule has 0 fully saturated rings. The van der Waals surface area contributed by atoms with E-state index in [-0.39, 0.29) is 0 Å². The molecule has 0 aliphatic heterocycles. The quantitative estimate of drug-likeness (QED) is 0.661. The van der Waals surface area contributed by atoms with Crippen molar-refractivity contribution >= 4 is 11.6 Å². The lowest BCUT2D eigenvalue weighted by Gasteiger charge is -2.06. The van der Waals surface area contributed by atoms with Crippen LogP contribution in [0.4, 0.5) is 0 Å². The van der Waals surface area contributed by atoms with E-state index in [1.54, 1.807) is 19.2 Å². The zero-order valence-electron chi connectivity index (χ0n) is 12.8. The number of rotatable bonds is 6. The van der Waals surface area contributed by atoms with Crippen molar-refractivity contribution in [1.29, 1.82) is 0 Å². The van der Waals surface area contributed by atoms with Gasteiger partial charge in [0.2, 0.25) is 0 Å². The average molecular weight is 329 g/mol. The summed E-state index contributed by atoms with van der Waals surface area (Å²) >= 11 is 5.87. The zero-order chi connectivity index (χ0) is 16.1. The molecule has 0 aliphatic carbocycles. The molecule has 0 N–H and O–H groups in total. The first-order valence-electron chi connectivity index (χ1n) is 7.30. The van der Waals surface area contributed by atoms with Gasteiger partial charge in [-0.15, -0.1) is 0 Å². The van der Waals surface area contributed by atoms with Crippen molar-refractivity contribution in [3.63, 3.8) is 0 Å². The largest absolute Gasteiger partial charge is 0.457 e. The molecule has 3 aromatic rings. The molecule has 0 saturated carbocycles. The predicted molar refractivity (Wildman–Crippen MR) is 91.1 cm³/mol. The topological polar surface area (TPSA) is 36.3 Å². The third-order valence-corrected chi connectivity index (χ3v) is 3.65. The highest BCUT2D eigenvalue weighted by atomic mass is 35.5. The van der Waals surface area contributed by atoms with Crippen LogP contribution >= 0.6 is 11.6 Å². The third kappa shape index (κ3) is 4.12. The van der Waals surface area contributed by atoms with E-state index in [9.17, 15) is 0 Å². The van der Waals surface area contributed by atoms with Crippen molar-refractivity contribution in [3.05, 3.63) is 65.9 Å². The first-order valence-corrected chi connectivity index (χ1v) is 7.67. The summed E-state index contributed by atoms with van der Waals surface area (Å²) in [6.45, 7) is 1.39. The van der Waals surface area contributed by atoms with Crippen molar-refractivity contribution in [2.24, 2.45) is 0 Å². The van der Waals surface area contributed by atoms with Crippen LogP contribution in [0.15, 0.2) is 60.9 Å². The first kappa shape index (κ1) is 15.6. The van der Waals surface area contributed by atoms with Crippen molar-refractivity contribution < 1.29 is 9.47 Å². The highest BCUT2D eigenvalue weighted by Gasteiger charge is 2.03. The standard InChI is InChI=1S/C18H17ClN2O2/c1-22-11-10-21-13-15(12-20-21)14-2-6-17(7-3-14)23-18-8-4-16(19)5-9-18/h2-9,12-13H,10-11H2,1H3. The van der Waals surface area contributed by atoms with Gasteiger partial charge in [0.15, 0.2) is 0 Å². The van der Waals surface area contributed by atoms with Crippen LogP contribution < -0.4 is 4.74 Å². The molecule has 0 radical (unpaired) electrons. The Morgan fingerprint density at radius 3 is 2.26 bits per heavy atom. The molecule has 0 atom stereocenters. The number of hydrogen-bond acceptors (Lipinski definition) is 3. The molecule has 5 heteroatoms. The molecule has 1 heterocycles. The van der Waals surface area contributed by atoms with Gasteiger partial charge in [-0.3, -0.25) is 4.68 Å². The van der Waals surface area contributed by atoms with Crippen LogP contribution in [0.1, 0.15) is 0 Å². The van der Waals surface area contributed by atoms with Crippen molar-refractivity contribution in [1.82, 2.24) is 9.78 Å². The summed E-state index contributed by atoms with van der Waals surface area (Å²) in [5.74, 6) is 1.54. The molecule has 23 heavy (non-hydrogen) atoms. The van der Waals surface area contributed by atoms with Crippen LogP contribution in [0.3, 0.4) is 0 Å². The molecule has 0 bridgehead atoms. The average Bonchev–Trinajstić information content (AvgIpc) is 3.05. The maximum absolute atomic E-state index is 5.87. The van der Waals surface area contributed by atoms with Gasteiger partial charge in [-0.1, -0.05) is 23.7 Å². The van der Waals surface area contributed by atoms with Crippen LogP contribution in [-0.4, -0.2) is 23.5 Å². The summed E-state index contributed by atoms with van der Waals surface area (Å²) < 4.78 is 12.7. The first-order chi connectivity index (χ1) is 11.2. The summed E-state index contributed by atoms with van der Waals surface area (Å²) in [7, 11) is 1.68. The molecular weight excluding hydrogens is 312 g/mol. The number of hydrogen-bond donors (Lipinski definition) is 0. The Hall–Kier alpha value is -2.30. The maximum atomic E-state index is 5.87. The van der Waals surface area contributed by atoms with E-state index in [0.717, 1.165) is 29.2 Å². The van der Waals surface area contributed by atoms with Crippen LogP contribution in [0.5, 0.6) is 11.5 Å². The summed E-state index contributed by atoms with van der Waals surface area (Å²) in [6, 6.07) is 15.2. The van der Waals surface area contributed by atoms with E-state index in [4.69, 9.17) is 21.1 Å². The number of methoxy groups -OCH3 is 1. The second-order valence-corrected chi connectivity index (χ2v) is 5.50. The van der Waals surface area contributed by atoms with Crippen molar-refractivity contribution in [2.75, 3.05) is 13.7 Å². The lowest BCUT2D eigenvalue weighted by atomic mass is 10.1. The Bertz CT molecular complexity index is 751. The number of benzene rings is 2. The number of aromatic nitrogens is 2. The van der Waals surface area contributed by atoms with Gasteiger partial charge in [0.05, 0.1) is 19.3 Å². The molecular formula is C18H17ClN2O2. The number of ether oxygens (including phenoxy) is 2. The van der Waals surface area contributed by atoms with Gasteiger partial charge < -0.3 is 9.47 Å². The zero-order valence-corrected chi connectivity index (χ0v) is 13.5. The van der Waals surface area contributed by atoms with Crippen molar-refractivity contribution in [2.45, 2.75) is 6.54 Å². The van der Waals surface area contributed by atoms with Gasteiger partial charge in [0.1, 0.15) is 11.5 Å². The third-order valence-electron chi connectivity index (χ3n) is 3.39. The monoisotopic (exact) mass is 328 g/mol. The summed E-state index contributed by atoms with van der Waals surface area (Å²) in [4.78, 5) is 0. The van der Waals surface area contributed by atoms with Gasteiger partial charge in [0, 0.05) is 23.9 Å². The minimum atomic E-state index is 0.648. The molecule has 4 nitrogen and oxygen atoms in total. The SMILES string of the molecule is COCCn1cc(-c2ccc(Oc3ccc(Cl)cc3)cc2)cn1. The van der Waals surface area contributed by atoms with E-state index in [2.05, 4.69) is 5.10 Å². The molecule has 3 rings (SSSR count). The molecule has 118 valence electrons. The highest BCUT2D eigenvalue weighted by molar-refractivity contribution is 6.30. The fourth-order valence-electron chi connectivity index (χ4n) is 2.17. The molecule has 2 aromatic carbocycles. The van der Waals surface area contributed by atoms with E-state index < -0.39 is 0 Å². The molecule has 0 aliphatic rings. The van der Waals surface area contributed by atoms with Gasteiger partial charge >= 0.3 is 0 Å². The van der Waals surface area contributed by atoms with E-state index in [1.165, 1.54) is 0 Å². The smallest absolute Gasteiger partial charge is 0.127 e. The molecule has 0 spiro atoms. The van der Waals surface area contributed by atoms with E-state index >= 15 is 0 Å². The molecule has 0 saturated heterocycles. The Balaban J connectivity index is 1.69. The molecule has 0 unspecified atom stereocenters. The number of nitrogens with zero attached hydrogens (tertiary/aromatic N) is 2. The maximum Gasteiger partial charge on any atom is 0.127 e. The number of halogens is 1. The molecule has 0 amide bonds. The van der Waals surface area contributed by atoms with Gasteiger partial charge in [0.25, 0.3) is 0 Å². The lowest BCUT2D eigenvalue weighted by Crippen LogP contribution is -2.03. The summed E-state index contributed by atoms with van der Waals surface area (Å²) in [6.07, 6.45) is 3.86. The normalized spacial score (nSPS) is 10.7. The Morgan fingerprint density at radius 1 is 0.957 bits per heavy atom. The van der Waals surface area contributed by atoms with Crippen LogP contribution in [0, 0.1) is 0 Å². The highest BCUT2D eigenvalue weighted by Crippen LogP contribution is 2.26. The van der Waals surface area contributed by atoms with Crippen LogP contribution in [0.2, 0.25) is 5.02 Å². The van der Waals surface area contributed by atoms with Crippen LogP contribution in [0.25, 0.3) is 11.1 Å². The van der Waals surface area contributed by atoms with Gasteiger partial charge in [-0.05, 0) is 42.0 Å².